The van der Waals surface area contributed by atoms with Crippen molar-refractivity contribution >= 4 is 56.1 Å². The number of carbonyl (C=O) groups is 1. The Bertz CT molecular complexity index is 896. The average Bonchev–Trinajstić information content (AvgIpc) is 3.11. The lowest BCUT2D eigenvalue weighted by Crippen LogP contribution is -2.37. The number of rotatable bonds is 8. The molecule has 2 aromatic carbocycles. The number of hydrogen-bond donors (Lipinski definition) is 0. The van der Waals surface area contributed by atoms with Gasteiger partial charge in [0.1, 0.15) is 0 Å². The lowest BCUT2D eigenvalue weighted by atomic mass is 10.3. The molecule has 0 saturated carbocycles. The fourth-order valence-corrected chi connectivity index (χ4v) is 5.02. The maximum atomic E-state index is 13.0. The van der Waals surface area contributed by atoms with E-state index >= 15 is 0 Å². The zero-order valence-corrected chi connectivity index (χ0v) is 18.2. The molecule has 142 valence electrons. The summed E-state index contributed by atoms with van der Waals surface area (Å²) in [5.41, 5.74) is 0.989. The van der Waals surface area contributed by atoms with Gasteiger partial charge in [-0.15, -0.1) is 23.5 Å². The van der Waals surface area contributed by atoms with Gasteiger partial charge in [-0.3, -0.25) is 9.69 Å². The van der Waals surface area contributed by atoms with Crippen molar-refractivity contribution in [3.63, 3.8) is 0 Å². The quantitative estimate of drug-likeness (QED) is 0.496. The summed E-state index contributed by atoms with van der Waals surface area (Å²) in [6, 6.07) is 16.2. The molecular weight excluding hydrogens is 394 g/mol. The largest absolute Gasteiger partial charge is 0.308 e. The fourth-order valence-electron chi connectivity index (χ4n) is 2.56. The summed E-state index contributed by atoms with van der Waals surface area (Å²) in [4.78, 5) is 24.0. The molecule has 0 saturated heterocycles. The van der Waals surface area contributed by atoms with Crippen LogP contribution in [-0.4, -0.2) is 55.0 Å². The normalized spacial score (nSPS) is 11.3. The van der Waals surface area contributed by atoms with Gasteiger partial charge in [0.2, 0.25) is 5.91 Å². The number of benzene rings is 2. The minimum Gasteiger partial charge on any atom is -0.308 e. The Labute approximate surface area is 173 Å². The topological polar surface area (TPSA) is 36.4 Å². The second kappa shape index (κ2) is 9.59. The van der Waals surface area contributed by atoms with E-state index in [1.54, 1.807) is 34.9 Å². The van der Waals surface area contributed by atoms with Crippen molar-refractivity contribution in [3.8, 4) is 0 Å². The van der Waals surface area contributed by atoms with Crippen LogP contribution < -0.4 is 4.90 Å². The van der Waals surface area contributed by atoms with E-state index in [9.17, 15) is 4.79 Å². The molecule has 0 aliphatic rings. The van der Waals surface area contributed by atoms with Gasteiger partial charge in [0.05, 0.1) is 16.0 Å². The Kier molecular flexibility index (Phi) is 7.18. The highest BCUT2D eigenvalue weighted by Crippen LogP contribution is 2.34. The van der Waals surface area contributed by atoms with Crippen LogP contribution in [0.5, 0.6) is 0 Å². The summed E-state index contributed by atoms with van der Waals surface area (Å²) in [5, 5.41) is 0.784. The van der Waals surface area contributed by atoms with Crippen LogP contribution >= 0.6 is 34.9 Å². The number of hydrogen-bond acceptors (Lipinski definition) is 6. The molecule has 3 aromatic rings. The molecule has 0 atom stereocenters. The molecular formula is C20H23N3OS3. The average molecular weight is 418 g/mol. The maximum absolute atomic E-state index is 13.0. The van der Waals surface area contributed by atoms with E-state index in [1.807, 2.05) is 55.4 Å². The number of amides is 1. The number of anilines is 1. The molecule has 7 heteroatoms. The van der Waals surface area contributed by atoms with E-state index < -0.39 is 0 Å². The third-order valence-corrected chi connectivity index (χ3v) is 6.81. The number of para-hydroxylation sites is 1. The number of aromatic nitrogens is 1. The van der Waals surface area contributed by atoms with Gasteiger partial charge in [0, 0.05) is 22.9 Å². The molecule has 1 aromatic heterocycles. The number of carbonyl (C=O) groups excluding carboxylic acids is 1. The number of likely N-dealkylation sites (N-methyl/N-ethyl adjacent to an activating group) is 1. The summed E-state index contributed by atoms with van der Waals surface area (Å²) in [6.07, 6.45) is 2.05. The first-order valence-electron chi connectivity index (χ1n) is 8.65. The highest BCUT2D eigenvalue weighted by Gasteiger charge is 2.20. The number of thiazole rings is 1. The third-order valence-electron chi connectivity index (χ3n) is 4.00. The number of nitrogens with zero attached hydrogens (tertiary/aromatic N) is 3. The van der Waals surface area contributed by atoms with Gasteiger partial charge in [0.15, 0.2) is 5.13 Å². The van der Waals surface area contributed by atoms with Crippen molar-refractivity contribution < 1.29 is 4.79 Å². The second-order valence-corrected chi connectivity index (χ2v) is 9.16. The zero-order valence-electron chi connectivity index (χ0n) is 15.7. The molecule has 0 fully saturated rings. The molecule has 0 aliphatic heterocycles. The van der Waals surface area contributed by atoms with Gasteiger partial charge < -0.3 is 4.90 Å². The van der Waals surface area contributed by atoms with Crippen LogP contribution in [0.4, 0.5) is 5.13 Å². The molecule has 3 rings (SSSR count). The Morgan fingerprint density at radius 1 is 1.07 bits per heavy atom. The van der Waals surface area contributed by atoms with Crippen molar-refractivity contribution in [1.82, 2.24) is 9.88 Å². The first-order valence-corrected chi connectivity index (χ1v) is 11.7. The van der Waals surface area contributed by atoms with Gasteiger partial charge in [-0.1, -0.05) is 35.6 Å². The van der Waals surface area contributed by atoms with Crippen molar-refractivity contribution in [2.45, 2.75) is 9.79 Å². The van der Waals surface area contributed by atoms with Crippen LogP contribution in [0.25, 0.3) is 10.2 Å². The third kappa shape index (κ3) is 5.25. The Balaban J connectivity index is 1.83. The van der Waals surface area contributed by atoms with E-state index in [0.29, 0.717) is 12.3 Å². The van der Waals surface area contributed by atoms with Crippen molar-refractivity contribution in [1.29, 1.82) is 0 Å². The van der Waals surface area contributed by atoms with E-state index in [0.717, 1.165) is 31.7 Å². The van der Waals surface area contributed by atoms with Crippen molar-refractivity contribution in [3.05, 3.63) is 48.5 Å². The Morgan fingerprint density at radius 2 is 1.85 bits per heavy atom. The zero-order chi connectivity index (χ0) is 19.2. The van der Waals surface area contributed by atoms with E-state index in [1.165, 1.54) is 0 Å². The van der Waals surface area contributed by atoms with Crippen LogP contribution in [0.2, 0.25) is 0 Å². The maximum Gasteiger partial charge on any atom is 0.239 e. The predicted octanol–water partition coefficient (Wildman–Crippen LogP) is 4.71. The van der Waals surface area contributed by atoms with Gasteiger partial charge in [-0.05, 0) is 44.6 Å². The second-order valence-electron chi connectivity index (χ2n) is 6.25. The summed E-state index contributed by atoms with van der Waals surface area (Å²) < 4.78 is 1.12. The lowest BCUT2D eigenvalue weighted by molar-refractivity contribution is -0.116. The van der Waals surface area contributed by atoms with E-state index in [2.05, 4.69) is 23.3 Å². The summed E-state index contributed by atoms with van der Waals surface area (Å²) in [6.45, 7) is 1.43. The van der Waals surface area contributed by atoms with Gasteiger partial charge in [-0.25, -0.2) is 4.98 Å². The first-order chi connectivity index (χ1) is 13.1. The molecule has 1 amide bonds. The molecule has 0 spiro atoms. The molecule has 0 aliphatic carbocycles. The molecule has 0 N–H and O–H groups in total. The Morgan fingerprint density at radius 3 is 2.56 bits per heavy atom. The molecule has 27 heavy (non-hydrogen) atoms. The summed E-state index contributed by atoms with van der Waals surface area (Å²) >= 11 is 4.84. The van der Waals surface area contributed by atoms with Gasteiger partial charge in [0.25, 0.3) is 0 Å². The molecule has 1 heterocycles. The van der Waals surface area contributed by atoms with Crippen LogP contribution in [-0.2, 0) is 4.79 Å². The number of fused-ring (bicyclic) bond motifs is 1. The lowest BCUT2D eigenvalue weighted by Gasteiger charge is -2.21. The van der Waals surface area contributed by atoms with Crippen LogP contribution in [0, 0.1) is 0 Å². The fraction of sp³-hybridized carbons (Fsp3) is 0.300. The Hall–Kier alpha value is -1.54. The van der Waals surface area contributed by atoms with Crippen LogP contribution in [0.1, 0.15) is 0 Å². The highest BCUT2D eigenvalue weighted by atomic mass is 32.2. The monoisotopic (exact) mass is 417 g/mol. The minimum atomic E-state index is 0.0930. The standard InChI is InChI=1S/C20H23N3OS3/c1-22(2)12-13-23(18(24)14-26-15-8-5-4-6-9-15)20-21-19-16(25-3)10-7-11-17(19)27-20/h4-11H,12-14H2,1-3H3. The van der Waals surface area contributed by atoms with E-state index in [-0.39, 0.29) is 5.91 Å². The van der Waals surface area contributed by atoms with E-state index in [4.69, 9.17) is 4.98 Å². The SMILES string of the molecule is CSc1cccc2sc(N(CCN(C)C)C(=O)CSc3ccccc3)nc12. The highest BCUT2D eigenvalue weighted by molar-refractivity contribution is 8.00. The molecule has 0 bridgehead atoms. The molecule has 4 nitrogen and oxygen atoms in total. The minimum absolute atomic E-state index is 0.0930. The number of thioether (sulfide) groups is 2. The van der Waals surface area contributed by atoms with Gasteiger partial charge in [-0.2, -0.15) is 0 Å². The summed E-state index contributed by atoms with van der Waals surface area (Å²) in [5.74, 6) is 0.499. The molecule has 0 radical (unpaired) electrons. The van der Waals surface area contributed by atoms with Crippen molar-refractivity contribution in [2.24, 2.45) is 0 Å². The van der Waals surface area contributed by atoms with Crippen LogP contribution in [0.15, 0.2) is 58.3 Å². The van der Waals surface area contributed by atoms with Crippen molar-refractivity contribution in [2.75, 3.05) is 44.1 Å². The summed E-state index contributed by atoms with van der Waals surface area (Å²) in [7, 11) is 4.04. The predicted molar refractivity (Wildman–Crippen MR) is 119 cm³/mol. The smallest absolute Gasteiger partial charge is 0.239 e. The van der Waals surface area contributed by atoms with Crippen LogP contribution in [0.3, 0.4) is 0 Å². The molecule has 0 unspecified atom stereocenters. The van der Waals surface area contributed by atoms with Gasteiger partial charge >= 0.3 is 0 Å². The first kappa shape index (κ1) is 20.2.